The van der Waals surface area contributed by atoms with Crippen molar-refractivity contribution < 1.29 is 9.47 Å². The van der Waals surface area contributed by atoms with E-state index >= 15 is 0 Å². The highest BCUT2D eigenvalue weighted by Crippen LogP contribution is 2.30. The lowest BCUT2D eigenvalue weighted by Crippen LogP contribution is -2.37. The van der Waals surface area contributed by atoms with Gasteiger partial charge in [-0.1, -0.05) is 23.9 Å². The number of aromatic amines is 1. The predicted octanol–water partition coefficient (Wildman–Crippen LogP) is 2.13. The van der Waals surface area contributed by atoms with Crippen LogP contribution in [0.1, 0.15) is 12.0 Å². The molecule has 8 heteroatoms. The van der Waals surface area contributed by atoms with Crippen molar-refractivity contribution in [1.82, 2.24) is 14.9 Å². The zero-order valence-corrected chi connectivity index (χ0v) is 16.1. The van der Waals surface area contributed by atoms with E-state index in [0.717, 1.165) is 39.3 Å². The number of hydrogen-bond acceptors (Lipinski definition) is 7. The highest BCUT2D eigenvalue weighted by atomic mass is 32.2. The van der Waals surface area contributed by atoms with Gasteiger partial charge in [-0.25, -0.2) is 4.98 Å². The maximum Gasteiger partial charge on any atom is 0.270 e. The van der Waals surface area contributed by atoms with E-state index in [9.17, 15) is 10.1 Å². The Hall–Kier alpha value is -2.34. The number of nitriles is 1. The van der Waals surface area contributed by atoms with E-state index in [0.29, 0.717) is 28.8 Å². The van der Waals surface area contributed by atoms with Crippen LogP contribution in [0.5, 0.6) is 5.75 Å². The molecule has 142 valence electrons. The van der Waals surface area contributed by atoms with Crippen molar-refractivity contribution in [2.24, 2.45) is 0 Å². The van der Waals surface area contributed by atoms with E-state index in [-0.39, 0.29) is 5.56 Å². The minimum atomic E-state index is -0.436. The molecule has 1 saturated heterocycles. The Kier molecular flexibility index (Phi) is 6.87. The largest absolute Gasteiger partial charge is 0.493 e. The normalized spacial score (nSPS) is 14.7. The Labute approximate surface area is 162 Å². The third-order valence-corrected chi connectivity index (χ3v) is 4.91. The first kappa shape index (κ1) is 19.4. The molecular formula is C19H22N4O3S. The van der Waals surface area contributed by atoms with E-state index in [4.69, 9.17) is 9.47 Å². The van der Waals surface area contributed by atoms with Gasteiger partial charge in [-0.05, 0) is 24.8 Å². The molecule has 1 N–H and O–H groups in total. The van der Waals surface area contributed by atoms with Crippen LogP contribution in [0.25, 0.3) is 11.3 Å². The van der Waals surface area contributed by atoms with Gasteiger partial charge in [0.2, 0.25) is 0 Å². The monoisotopic (exact) mass is 386 g/mol. The number of para-hydroxylation sites is 1. The summed E-state index contributed by atoms with van der Waals surface area (Å²) >= 11 is 1.32. The summed E-state index contributed by atoms with van der Waals surface area (Å²) in [4.78, 5) is 21.6. The molecule has 1 aromatic carbocycles. The highest BCUT2D eigenvalue weighted by Gasteiger charge is 2.17. The van der Waals surface area contributed by atoms with E-state index in [1.807, 2.05) is 36.6 Å². The number of nitrogens with one attached hydrogen (secondary N) is 1. The molecule has 2 aromatic rings. The molecule has 27 heavy (non-hydrogen) atoms. The fourth-order valence-corrected chi connectivity index (χ4v) is 3.31. The van der Waals surface area contributed by atoms with Crippen LogP contribution in [-0.4, -0.2) is 60.6 Å². The summed E-state index contributed by atoms with van der Waals surface area (Å²) in [7, 11) is 0. The van der Waals surface area contributed by atoms with Gasteiger partial charge in [0.1, 0.15) is 23.1 Å². The molecule has 0 saturated carbocycles. The summed E-state index contributed by atoms with van der Waals surface area (Å²) in [5.74, 6) is 0.626. The number of ether oxygens (including phenoxy) is 2. The molecular weight excluding hydrogens is 364 g/mol. The number of morpholine rings is 1. The van der Waals surface area contributed by atoms with E-state index < -0.39 is 5.56 Å². The predicted molar refractivity (Wildman–Crippen MR) is 104 cm³/mol. The number of aromatic nitrogens is 2. The van der Waals surface area contributed by atoms with Gasteiger partial charge in [0.05, 0.1) is 19.8 Å². The molecule has 7 nitrogen and oxygen atoms in total. The van der Waals surface area contributed by atoms with E-state index in [2.05, 4.69) is 14.9 Å². The standard InChI is InChI=1S/C19H22N4O3S/c1-27-19-21-17(15(13-20)18(24)22-19)14-5-2-3-6-16(14)26-10-4-7-23-8-11-25-12-9-23/h2-3,5-6H,4,7-12H2,1H3,(H,21,22,24). The van der Waals surface area contributed by atoms with Gasteiger partial charge in [0.25, 0.3) is 5.56 Å². The fraction of sp³-hybridized carbons (Fsp3) is 0.421. The smallest absolute Gasteiger partial charge is 0.270 e. The van der Waals surface area contributed by atoms with Crippen molar-refractivity contribution in [3.8, 4) is 23.1 Å². The summed E-state index contributed by atoms with van der Waals surface area (Å²) in [6.45, 7) is 4.98. The van der Waals surface area contributed by atoms with Crippen molar-refractivity contribution in [1.29, 1.82) is 5.26 Å². The maximum atomic E-state index is 12.2. The van der Waals surface area contributed by atoms with Crippen LogP contribution in [0.15, 0.2) is 34.2 Å². The molecule has 0 unspecified atom stereocenters. The first-order valence-corrected chi connectivity index (χ1v) is 10.1. The summed E-state index contributed by atoms with van der Waals surface area (Å²) < 4.78 is 11.3. The summed E-state index contributed by atoms with van der Waals surface area (Å²) in [5, 5.41) is 9.87. The summed E-state index contributed by atoms with van der Waals surface area (Å²) in [5.41, 5.74) is 0.572. The van der Waals surface area contributed by atoms with Gasteiger partial charge >= 0.3 is 0 Å². The Morgan fingerprint density at radius 1 is 1.37 bits per heavy atom. The topological polar surface area (TPSA) is 91.2 Å². The van der Waals surface area contributed by atoms with Gasteiger partial charge in [-0.15, -0.1) is 0 Å². The molecule has 1 aliphatic heterocycles. The molecule has 1 aromatic heterocycles. The minimum absolute atomic E-state index is 0.00262. The van der Waals surface area contributed by atoms with Crippen LogP contribution < -0.4 is 10.3 Å². The number of H-pyrrole nitrogens is 1. The quantitative estimate of drug-likeness (QED) is 0.443. The van der Waals surface area contributed by atoms with Gasteiger partial charge in [0.15, 0.2) is 5.16 Å². The zero-order valence-electron chi connectivity index (χ0n) is 15.2. The molecule has 0 bridgehead atoms. The van der Waals surface area contributed by atoms with E-state index in [1.165, 1.54) is 11.8 Å². The Bertz CT molecular complexity index is 872. The number of hydrogen-bond donors (Lipinski definition) is 1. The van der Waals surface area contributed by atoms with Gasteiger partial charge in [0, 0.05) is 25.2 Å². The van der Waals surface area contributed by atoms with Gasteiger partial charge in [-0.2, -0.15) is 5.26 Å². The second-order valence-electron chi connectivity index (χ2n) is 6.06. The number of rotatable bonds is 7. The second-order valence-corrected chi connectivity index (χ2v) is 6.86. The average Bonchev–Trinajstić information content (AvgIpc) is 2.71. The average molecular weight is 386 g/mol. The third-order valence-electron chi connectivity index (χ3n) is 4.32. The van der Waals surface area contributed by atoms with Crippen LogP contribution in [0.2, 0.25) is 0 Å². The Morgan fingerprint density at radius 2 is 2.15 bits per heavy atom. The van der Waals surface area contributed by atoms with Crippen LogP contribution >= 0.6 is 11.8 Å². The van der Waals surface area contributed by atoms with Crippen molar-refractivity contribution >= 4 is 11.8 Å². The van der Waals surface area contributed by atoms with Crippen LogP contribution in [0.4, 0.5) is 0 Å². The minimum Gasteiger partial charge on any atom is -0.493 e. The lowest BCUT2D eigenvalue weighted by atomic mass is 10.1. The molecule has 3 rings (SSSR count). The van der Waals surface area contributed by atoms with Crippen LogP contribution in [0, 0.1) is 11.3 Å². The second kappa shape index (κ2) is 9.55. The van der Waals surface area contributed by atoms with Crippen molar-refractivity contribution in [3.05, 3.63) is 40.2 Å². The molecule has 0 aliphatic carbocycles. The van der Waals surface area contributed by atoms with Crippen molar-refractivity contribution in [2.45, 2.75) is 11.6 Å². The van der Waals surface area contributed by atoms with Gasteiger partial charge < -0.3 is 14.5 Å². The number of thioether (sulfide) groups is 1. The highest BCUT2D eigenvalue weighted by molar-refractivity contribution is 7.98. The van der Waals surface area contributed by atoms with Crippen molar-refractivity contribution in [3.63, 3.8) is 0 Å². The Morgan fingerprint density at radius 3 is 2.89 bits per heavy atom. The molecule has 0 spiro atoms. The van der Waals surface area contributed by atoms with Gasteiger partial charge in [-0.3, -0.25) is 9.69 Å². The molecule has 0 atom stereocenters. The van der Waals surface area contributed by atoms with Crippen molar-refractivity contribution in [2.75, 3.05) is 45.7 Å². The fourth-order valence-electron chi connectivity index (χ4n) is 2.93. The lowest BCUT2D eigenvalue weighted by molar-refractivity contribution is 0.0358. The lowest BCUT2D eigenvalue weighted by Gasteiger charge is -2.26. The number of benzene rings is 1. The summed E-state index contributed by atoms with van der Waals surface area (Å²) in [6, 6.07) is 9.34. The molecule has 0 amide bonds. The molecule has 0 radical (unpaired) electrons. The first-order chi connectivity index (χ1) is 13.2. The SMILES string of the molecule is CSc1nc(-c2ccccc2OCCCN2CCOCC2)c(C#N)c(=O)[nH]1. The Balaban J connectivity index is 1.75. The third kappa shape index (κ3) is 4.89. The van der Waals surface area contributed by atoms with Crippen LogP contribution in [0.3, 0.4) is 0 Å². The van der Waals surface area contributed by atoms with E-state index in [1.54, 1.807) is 0 Å². The van der Waals surface area contributed by atoms with Crippen LogP contribution in [-0.2, 0) is 4.74 Å². The molecule has 1 fully saturated rings. The maximum absolute atomic E-state index is 12.2. The molecule has 1 aliphatic rings. The number of nitrogens with zero attached hydrogens (tertiary/aromatic N) is 3. The molecule has 2 heterocycles. The summed E-state index contributed by atoms with van der Waals surface area (Å²) in [6.07, 6.45) is 2.71. The first-order valence-electron chi connectivity index (χ1n) is 8.83. The zero-order chi connectivity index (χ0) is 19.1.